The van der Waals surface area contributed by atoms with Gasteiger partial charge < -0.3 is 14.2 Å². The fraction of sp³-hybridized carbons (Fsp3) is 0.222. The average molecular weight is 383 g/mol. The summed E-state index contributed by atoms with van der Waals surface area (Å²) in [5.41, 5.74) is 1.54. The summed E-state index contributed by atoms with van der Waals surface area (Å²) in [6.45, 7) is 2.79. The Balaban J connectivity index is 1.79. The predicted octanol–water partition coefficient (Wildman–Crippen LogP) is 4.14. The Hall–Kier alpha value is -2.24. The lowest BCUT2D eigenvalue weighted by Gasteiger charge is -2.10. The van der Waals surface area contributed by atoms with Gasteiger partial charge in [-0.1, -0.05) is 23.2 Å². The van der Waals surface area contributed by atoms with Crippen molar-refractivity contribution in [1.82, 2.24) is 0 Å². The Morgan fingerprint density at radius 2 is 1.20 bits per heavy atom. The van der Waals surface area contributed by atoms with Crippen molar-refractivity contribution >= 4 is 35.1 Å². The molecule has 0 spiro atoms. The predicted molar refractivity (Wildman–Crippen MR) is 94.5 cm³/mol. The minimum atomic E-state index is -0.809. The lowest BCUT2D eigenvalue weighted by molar-refractivity contribution is -0.162. The fourth-order valence-electron chi connectivity index (χ4n) is 2.01. The van der Waals surface area contributed by atoms with Gasteiger partial charge in [0, 0.05) is 10.0 Å². The molecule has 132 valence electrons. The third-order valence-corrected chi connectivity index (χ3v) is 3.66. The summed E-state index contributed by atoms with van der Waals surface area (Å²) < 4.78 is 15.3. The van der Waals surface area contributed by atoms with Crippen molar-refractivity contribution in [3.8, 4) is 11.5 Å². The first-order valence-corrected chi connectivity index (χ1v) is 8.12. The molecule has 0 saturated carbocycles. The molecule has 7 heteroatoms. The van der Waals surface area contributed by atoms with E-state index in [0.717, 1.165) is 11.1 Å². The van der Waals surface area contributed by atoms with Crippen molar-refractivity contribution < 1.29 is 23.8 Å². The average Bonchev–Trinajstić information content (AvgIpc) is 2.53. The molecule has 0 heterocycles. The van der Waals surface area contributed by atoms with Gasteiger partial charge >= 0.3 is 11.9 Å². The smallest absolute Gasteiger partial charge is 0.351 e. The molecular formula is C18H16Cl2O5. The van der Waals surface area contributed by atoms with Crippen LogP contribution < -0.4 is 9.47 Å². The summed E-state index contributed by atoms with van der Waals surface area (Å²) >= 11 is 11.7. The molecule has 0 unspecified atom stereocenters. The number of carbonyl (C=O) groups excluding carboxylic acids is 2. The number of benzene rings is 2. The van der Waals surface area contributed by atoms with Gasteiger partial charge in [-0.3, -0.25) is 0 Å². The molecule has 0 atom stereocenters. The molecule has 0 radical (unpaired) electrons. The second-order valence-corrected chi connectivity index (χ2v) is 6.12. The Kier molecular flexibility index (Phi) is 6.67. The zero-order valence-electron chi connectivity index (χ0n) is 13.7. The summed E-state index contributed by atoms with van der Waals surface area (Å²) in [7, 11) is 0. The van der Waals surface area contributed by atoms with Crippen molar-refractivity contribution in [3.63, 3.8) is 0 Å². The van der Waals surface area contributed by atoms with Crippen LogP contribution in [0.25, 0.3) is 0 Å². The Labute approximate surface area is 155 Å². The van der Waals surface area contributed by atoms with Crippen molar-refractivity contribution in [1.29, 1.82) is 0 Å². The van der Waals surface area contributed by atoms with E-state index in [4.69, 9.17) is 32.7 Å². The summed E-state index contributed by atoms with van der Waals surface area (Å²) in [5, 5.41) is 1.13. The van der Waals surface area contributed by atoms with Gasteiger partial charge in [-0.05, 0) is 61.4 Å². The first-order chi connectivity index (χ1) is 11.8. The number of hydrogen-bond acceptors (Lipinski definition) is 5. The lowest BCUT2D eigenvalue weighted by atomic mass is 10.2. The molecule has 0 N–H and O–H groups in total. The maximum absolute atomic E-state index is 11.7. The molecule has 5 nitrogen and oxygen atoms in total. The highest BCUT2D eigenvalue weighted by atomic mass is 35.5. The van der Waals surface area contributed by atoms with Gasteiger partial charge in [-0.15, -0.1) is 0 Å². The van der Waals surface area contributed by atoms with E-state index in [1.54, 1.807) is 50.2 Å². The summed E-state index contributed by atoms with van der Waals surface area (Å²) in [6, 6.07) is 9.97. The molecule has 0 saturated heterocycles. The van der Waals surface area contributed by atoms with Crippen molar-refractivity contribution in [2.75, 3.05) is 13.2 Å². The molecule has 0 aromatic heterocycles. The fourth-order valence-corrected chi connectivity index (χ4v) is 2.46. The van der Waals surface area contributed by atoms with Crippen LogP contribution in [0.4, 0.5) is 0 Å². The maximum atomic E-state index is 11.7. The lowest BCUT2D eigenvalue weighted by Crippen LogP contribution is -2.23. The van der Waals surface area contributed by atoms with Crippen molar-refractivity contribution in [2.24, 2.45) is 0 Å². The van der Waals surface area contributed by atoms with Gasteiger partial charge in [0.05, 0.1) is 0 Å². The van der Waals surface area contributed by atoms with Crippen LogP contribution in [0.15, 0.2) is 36.4 Å². The van der Waals surface area contributed by atoms with Crippen LogP contribution in [0.1, 0.15) is 11.1 Å². The molecule has 0 fully saturated rings. The zero-order chi connectivity index (χ0) is 18.4. The zero-order valence-corrected chi connectivity index (χ0v) is 15.2. The van der Waals surface area contributed by atoms with Gasteiger partial charge in [0.15, 0.2) is 13.2 Å². The van der Waals surface area contributed by atoms with Gasteiger partial charge in [-0.25, -0.2) is 9.59 Å². The number of hydrogen-bond donors (Lipinski definition) is 0. The number of carbonyl (C=O) groups is 2. The van der Waals surface area contributed by atoms with E-state index in [1.807, 2.05) is 0 Å². The van der Waals surface area contributed by atoms with Crippen LogP contribution in [0.3, 0.4) is 0 Å². The second kappa shape index (κ2) is 8.74. The third kappa shape index (κ3) is 5.96. The minimum Gasteiger partial charge on any atom is -0.482 e. The van der Waals surface area contributed by atoms with Gasteiger partial charge in [0.2, 0.25) is 0 Å². The van der Waals surface area contributed by atoms with Gasteiger partial charge in [-0.2, -0.15) is 0 Å². The molecule has 2 rings (SSSR count). The summed E-state index contributed by atoms with van der Waals surface area (Å²) in [5.74, 6) is -0.643. The van der Waals surface area contributed by atoms with E-state index in [2.05, 4.69) is 4.74 Å². The Morgan fingerprint density at radius 1 is 0.800 bits per heavy atom. The van der Waals surface area contributed by atoms with Crippen LogP contribution in [-0.2, 0) is 14.3 Å². The first kappa shape index (κ1) is 19.1. The van der Waals surface area contributed by atoms with Gasteiger partial charge in [0.25, 0.3) is 0 Å². The molecule has 25 heavy (non-hydrogen) atoms. The highest BCUT2D eigenvalue weighted by Crippen LogP contribution is 2.22. The van der Waals surface area contributed by atoms with E-state index in [9.17, 15) is 9.59 Å². The number of rotatable bonds is 6. The third-order valence-electron chi connectivity index (χ3n) is 3.19. The molecule has 0 bridgehead atoms. The quantitative estimate of drug-likeness (QED) is 0.554. The summed E-state index contributed by atoms with van der Waals surface area (Å²) in [6.07, 6.45) is 0. The largest absolute Gasteiger partial charge is 0.482 e. The van der Waals surface area contributed by atoms with Crippen LogP contribution in [0, 0.1) is 13.8 Å². The van der Waals surface area contributed by atoms with Crippen LogP contribution in [0.5, 0.6) is 11.5 Å². The van der Waals surface area contributed by atoms with Crippen LogP contribution >= 0.6 is 23.2 Å². The monoisotopic (exact) mass is 382 g/mol. The standard InChI is InChI=1S/C18H16Cl2O5/c1-11-7-13(19)3-5-15(11)23-9-17(21)25-18(22)10-24-16-6-4-14(20)8-12(16)2/h3-8H,9-10H2,1-2H3. The number of ether oxygens (including phenoxy) is 3. The molecule has 0 amide bonds. The highest BCUT2D eigenvalue weighted by Gasteiger charge is 2.13. The van der Waals surface area contributed by atoms with Crippen LogP contribution in [0.2, 0.25) is 10.0 Å². The molecule has 0 aliphatic carbocycles. The van der Waals surface area contributed by atoms with E-state index in [1.165, 1.54) is 0 Å². The normalized spacial score (nSPS) is 10.2. The van der Waals surface area contributed by atoms with Gasteiger partial charge in [0.1, 0.15) is 11.5 Å². The molecule has 2 aromatic rings. The minimum absolute atomic E-state index is 0.395. The molecule has 2 aromatic carbocycles. The highest BCUT2D eigenvalue weighted by molar-refractivity contribution is 6.31. The Bertz CT molecular complexity index is 724. The molecular weight excluding hydrogens is 367 g/mol. The molecule has 0 aliphatic rings. The van der Waals surface area contributed by atoms with Crippen molar-refractivity contribution in [2.45, 2.75) is 13.8 Å². The van der Waals surface area contributed by atoms with E-state index >= 15 is 0 Å². The number of esters is 2. The maximum Gasteiger partial charge on any atom is 0.351 e. The Morgan fingerprint density at radius 3 is 1.56 bits per heavy atom. The number of aryl methyl sites for hydroxylation is 2. The van der Waals surface area contributed by atoms with E-state index in [-0.39, 0.29) is 0 Å². The first-order valence-electron chi connectivity index (χ1n) is 7.36. The molecule has 0 aliphatic heterocycles. The SMILES string of the molecule is Cc1cc(Cl)ccc1OCC(=O)OC(=O)COc1ccc(Cl)cc1C. The van der Waals surface area contributed by atoms with E-state index < -0.39 is 25.2 Å². The summed E-state index contributed by atoms with van der Waals surface area (Å²) in [4.78, 5) is 23.3. The second-order valence-electron chi connectivity index (χ2n) is 5.24. The van der Waals surface area contributed by atoms with Crippen molar-refractivity contribution in [3.05, 3.63) is 57.6 Å². The van der Waals surface area contributed by atoms with E-state index in [0.29, 0.717) is 21.5 Å². The van der Waals surface area contributed by atoms with Crippen LogP contribution in [-0.4, -0.2) is 25.2 Å². The topological polar surface area (TPSA) is 61.8 Å². The number of halogens is 2.